The number of likely N-dealkylation sites (N-methyl/N-ethyl adjacent to an activating group) is 1. The fourth-order valence-corrected chi connectivity index (χ4v) is 6.19. The third-order valence-electron chi connectivity index (χ3n) is 5.37. The Balaban J connectivity index is 1.60. The van der Waals surface area contributed by atoms with Crippen LogP contribution in [0.1, 0.15) is 42.8 Å². The van der Waals surface area contributed by atoms with Gasteiger partial charge in [0, 0.05) is 38.1 Å². The van der Waals surface area contributed by atoms with Gasteiger partial charge in [0.2, 0.25) is 10.0 Å². The molecule has 1 aromatic heterocycles. The lowest BCUT2D eigenvalue weighted by Gasteiger charge is -2.28. The minimum atomic E-state index is -3.27. The Morgan fingerprint density at radius 1 is 1.40 bits per heavy atom. The van der Waals surface area contributed by atoms with Crippen LogP contribution in [0.4, 0.5) is 4.39 Å². The summed E-state index contributed by atoms with van der Waals surface area (Å²) in [5.41, 5.74) is 0.943. The van der Waals surface area contributed by atoms with Crippen molar-refractivity contribution in [2.75, 3.05) is 25.9 Å². The standard InChI is InChI=1S/C17H28FN3O2S2/c1-13-19-16(11-24-13)9-21-8-15(18)7-17(21)10-20(2)25(22,23)12-14-5-3-4-6-14/h11,14-15,17H,3-10,12H2,1-2H3/t15-,17-/m0/s1. The minimum absolute atomic E-state index is 0.0830. The van der Waals surface area contributed by atoms with E-state index in [0.29, 0.717) is 32.0 Å². The first-order valence-electron chi connectivity index (χ1n) is 9.06. The number of thiazole rings is 1. The van der Waals surface area contributed by atoms with E-state index in [1.807, 2.05) is 17.2 Å². The summed E-state index contributed by atoms with van der Waals surface area (Å²) in [4.78, 5) is 6.49. The number of hydrogen-bond donors (Lipinski definition) is 0. The Kier molecular flexibility index (Phi) is 6.13. The van der Waals surface area contributed by atoms with E-state index < -0.39 is 16.2 Å². The fraction of sp³-hybridized carbons (Fsp3) is 0.824. The van der Waals surface area contributed by atoms with Crippen molar-refractivity contribution in [1.82, 2.24) is 14.2 Å². The summed E-state index contributed by atoms with van der Waals surface area (Å²) in [6, 6.07) is -0.0830. The number of sulfonamides is 1. The zero-order chi connectivity index (χ0) is 18.0. The van der Waals surface area contributed by atoms with Gasteiger partial charge in [-0.2, -0.15) is 0 Å². The summed E-state index contributed by atoms with van der Waals surface area (Å²) in [6.07, 6.45) is 3.80. The molecule has 0 N–H and O–H groups in total. The Morgan fingerprint density at radius 2 is 2.12 bits per heavy atom. The SMILES string of the molecule is Cc1nc(CN2C[C@@H](F)C[C@H]2CN(C)S(=O)(=O)CC2CCCC2)cs1. The van der Waals surface area contributed by atoms with Crippen molar-refractivity contribution in [1.29, 1.82) is 0 Å². The zero-order valence-corrected chi connectivity index (χ0v) is 16.7. The van der Waals surface area contributed by atoms with Crippen molar-refractivity contribution in [3.05, 3.63) is 16.1 Å². The fourth-order valence-electron chi connectivity index (χ4n) is 4.01. The minimum Gasteiger partial charge on any atom is -0.290 e. The Hall–Kier alpha value is -0.570. The maximum absolute atomic E-state index is 14.0. The molecule has 0 aromatic carbocycles. The number of hydrogen-bond acceptors (Lipinski definition) is 5. The van der Waals surface area contributed by atoms with E-state index in [4.69, 9.17) is 0 Å². The molecule has 25 heavy (non-hydrogen) atoms. The molecule has 0 spiro atoms. The van der Waals surface area contributed by atoms with Gasteiger partial charge in [-0.1, -0.05) is 12.8 Å². The summed E-state index contributed by atoms with van der Waals surface area (Å²) in [6.45, 7) is 3.26. The number of likely N-dealkylation sites (tertiary alicyclic amines) is 1. The van der Waals surface area contributed by atoms with E-state index in [2.05, 4.69) is 4.98 Å². The van der Waals surface area contributed by atoms with Crippen LogP contribution in [0, 0.1) is 12.8 Å². The van der Waals surface area contributed by atoms with Crippen LogP contribution in [0.5, 0.6) is 0 Å². The molecule has 1 saturated carbocycles. The highest BCUT2D eigenvalue weighted by molar-refractivity contribution is 7.89. The van der Waals surface area contributed by atoms with Gasteiger partial charge in [0.1, 0.15) is 6.17 Å². The van der Waals surface area contributed by atoms with Gasteiger partial charge < -0.3 is 0 Å². The van der Waals surface area contributed by atoms with Crippen LogP contribution >= 0.6 is 11.3 Å². The van der Waals surface area contributed by atoms with E-state index in [1.165, 1.54) is 4.31 Å². The van der Waals surface area contributed by atoms with Gasteiger partial charge in [-0.15, -0.1) is 11.3 Å². The van der Waals surface area contributed by atoms with Gasteiger partial charge in [-0.05, 0) is 32.1 Å². The number of nitrogens with zero attached hydrogens (tertiary/aromatic N) is 3. The molecule has 2 aliphatic rings. The van der Waals surface area contributed by atoms with Crippen molar-refractivity contribution < 1.29 is 12.8 Å². The third-order valence-corrected chi connectivity index (χ3v) is 8.19. The van der Waals surface area contributed by atoms with E-state index >= 15 is 0 Å². The monoisotopic (exact) mass is 389 g/mol. The first kappa shape index (κ1) is 19.2. The van der Waals surface area contributed by atoms with Crippen LogP contribution in [0.15, 0.2) is 5.38 Å². The van der Waals surface area contributed by atoms with E-state index in [1.54, 1.807) is 18.4 Å². The Morgan fingerprint density at radius 3 is 2.76 bits per heavy atom. The summed E-state index contributed by atoms with van der Waals surface area (Å²) in [7, 11) is -1.63. The van der Waals surface area contributed by atoms with Crippen LogP contribution in [0.25, 0.3) is 0 Å². The molecular weight excluding hydrogens is 361 g/mol. The molecule has 1 saturated heterocycles. The molecule has 142 valence electrons. The smallest absolute Gasteiger partial charge is 0.214 e. The molecule has 1 aliphatic heterocycles. The average Bonchev–Trinajstić information content (AvgIpc) is 3.23. The third kappa shape index (κ3) is 4.99. The average molecular weight is 390 g/mol. The van der Waals surface area contributed by atoms with Gasteiger partial charge in [-0.3, -0.25) is 4.90 Å². The number of halogens is 1. The van der Waals surface area contributed by atoms with Crippen LogP contribution in [0.2, 0.25) is 0 Å². The molecule has 2 heterocycles. The summed E-state index contributed by atoms with van der Waals surface area (Å²) < 4.78 is 40.7. The normalized spacial score (nSPS) is 26.1. The first-order chi connectivity index (χ1) is 11.8. The topological polar surface area (TPSA) is 53.5 Å². The molecule has 5 nitrogen and oxygen atoms in total. The predicted octanol–water partition coefficient (Wildman–Crippen LogP) is 2.82. The Bertz CT molecular complexity index is 673. The van der Waals surface area contributed by atoms with E-state index in [9.17, 15) is 12.8 Å². The lowest BCUT2D eigenvalue weighted by atomic mass is 10.1. The highest BCUT2D eigenvalue weighted by atomic mass is 32.2. The van der Waals surface area contributed by atoms with Crippen LogP contribution in [-0.4, -0.2) is 60.7 Å². The quantitative estimate of drug-likeness (QED) is 0.720. The molecule has 2 atom stereocenters. The molecule has 0 unspecified atom stereocenters. The van der Waals surface area contributed by atoms with Crippen molar-refractivity contribution in [3.63, 3.8) is 0 Å². The molecule has 0 radical (unpaired) electrons. The molecule has 3 rings (SSSR count). The summed E-state index contributed by atoms with van der Waals surface area (Å²) >= 11 is 1.59. The van der Waals surface area contributed by atoms with Gasteiger partial charge >= 0.3 is 0 Å². The van der Waals surface area contributed by atoms with Gasteiger partial charge in [0.05, 0.1) is 16.5 Å². The zero-order valence-electron chi connectivity index (χ0n) is 15.0. The van der Waals surface area contributed by atoms with Crippen LogP contribution < -0.4 is 0 Å². The summed E-state index contributed by atoms with van der Waals surface area (Å²) in [5.74, 6) is 0.527. The highest BCUT2D eigenvalue weighted by Gasteiger charge is 2.35. The molecule has 8 heteroatoms. The highest BCUT2D eigenvalue weighted by Crippen LogP contribution is 2.28. The van der Waals surface area contributed by atoms with Crippen LogP contribution in [0.3, 0.4) is 0 Å². The number of alkyl halides is 1. The maximum atomic E-state index is 14.0. The number of aromatic nitrogens is 1. The molecule has 1 aromatic rings. The summed E-state index contributed by atoms with van der Waals surface area (Å²) in [5, 5.41) is 3.00. The van der Waals surface area contributed by atoms with Crippen molar-refractivity contribution in [2.24, 2.45) is 5.92 Å². The Labute approximate surface area is 154 Å². The lowest BCUT2D eigenvalue weighted by Crippen LogP contribution is -2.42. The van der Waals surface area contributed by atoms with Gasteiger partial charge in [0.25, 0.3) is 0 Å². The van der Waals surface area contributed by atoms with Crippen molar-refractivity contribution in [3.8, 4) is 0 Å². The van der Waals surface area contributed by atoms with Crippen molar-refractivity contribution >= 4 is 21.4 Å². The molecule has 2 fully saturated rings. The lowest BCUT2D eigenvalue weighted by molar-refractivity contribution is 0.212. The largest absolute Gasteiger partial charge is 0.290 e. The second-order valence-corrected chi connectivity index (χ2v) is 10.7. The van der Waals surface area contributed by atoms with Gasteiger partial charge in [0.15, 0.2) is 0 Å². The number of rotatable bonds is 7. The maximum Gasteiger partial charge on any atom is 0.214 e. The number of aryl methyl sites for hydroxylation is 1. The first-order valence-corrected chi connectivity index (χ1v) is 11.6. The van der Waals surface area contributed by atoms with E-state index in [-0.39, 0.29) is 11.8 Å². The van der Waals surface area contributed by atoms with E-state index in [0.717, 1.165) is 36.4 Å². The molecule has 1 aliphatic carbocycles. The molecule has 0 bridgehead atoms. The molecule has 0 amide bonds. The molecular formula is C17H28FN3O2S2. The van der Waals surface area contributed by atoms with Crippen LogP contribution in [-0.2, 0) is 16.6 Å². The second-order valence-electron chi connectivity index (χ2n) is 7.48. The second kappa shape index (κ2) is 7.98. The predicted molar refractivity (Wildman–Crippen MR) is 98.9 cm³/mol. The van der Waals surface area contributed by atoms with Gasteiger partial charge in [-0.25, -0.2) is 22.1 Å². The van der Waals surface area contributed by atoms with Crippen molar-refractivity contribution in [2.45, 2.75) is 57.8 Å².